The van der Waals surface area contributed by atoms with Crippen LogP contribution >= 0.6 is 0 Å². The minimum absolute atomic E-state index is 0.486. The van der Waals surface area contributed by atoms with Crippen molar-refractivity contribution in [3.8, 4) is 0 Å². The van der Waals surface area contributed by atoms with Crippen LogP contribution in [0.15, 0.2) is 48.7 Å². The highest BCUT2D eigenvalue weighted by Crippen LogP contribution is 2.43. The summed E-state index contributed by atoms with van der Waals surface area (Å²) in [6.07, 6.45) is 3.87. The van der Waals surface area contributed by atoms with Crippen molar-refractivity contribution in [2.75, 3.05) is 18.5 Å². The van der Waals surface area contributed by atoms with Gasteiger partial charge in [0.1, 0.15) is 12.6 Å². The van der Waals surface area contributed by atoms with Crippen molar-refractivity contribution < 1.29 is 9.05 Å². The lowest BCUT2D eigenvalue weighted by molar-refractivity contribution is -0.947. The minimum atomic E-state index is 0.486. The maximum atomic E-state index is 2.65. The van der Waals surface area contributed by atoms with E-state index in [1.807, 2.05) is 0 Å². The maximum Gasteiger partial charge on any atom is 0.281 e. The van der Waals surface area contributed by atoms with Gasteiger partial charge in [-0.1, -0.05) is 30.3 Å². The van der Waals surface area contributed by atoms with E-state index in [9.17, 15) is 0 Å². The Labute approximate surface area is 133 Å². The maximum absolute atomic E-state index is 2.65. The SMILES string of the molecule is CC1N(c2cccc[n+]2C)C2CC[N+]1(C)Cc1ccccc12. The van der Waals surface area contributed by atoms with E-state index in [1.165, 1.54) is 29.9 Å². The lowest BCUT2D eigenvalue weighted by Gasteiger charge is -2.45. The smallest absolute Gasteiger partial charge is 0.281 e. The molecule has 2 aromatic rings. The number of fused-ring (bicyclic) bond motifs is 2. The van der Waals surface area contributed by atoms with Crippen LogP contribution in [-0.4, -0.2) is 24.2 Å². The summed E-state index contributed by atoms with van der Waals surface area (Å²) >= 11 is 0. The Bertz CT molecular complexity index is 711. The van der Waals surface area contributed by atoms with E-state index >= 15 is 0 Å². The summed E-state index contributed by atoms with van der Waals surface area (Å²) in [6.45, 7) is 4.79. The molecule has 1 aromatic heterocycles. The van der Waals surface area contributed by atoms with Crippen molar-refractivity contribution in [2.24, 2.45) is 7.05 Å². The van der Waals surface area contributed by atoms with Crippen LogP contribution in [-0.2, 0) is 13.6 Å². The molecule has 1 saturated heterocycles. The monoisotopic (exact) mass is 295 g/mol. The molecule has 0 N–H and O–H groups in total. The largest absolute Gasteiger partial charge is 0.284 e. The van der Waals surface area contributed by atoms with Gasteiger partial charge in [-0.3, -0.25) is 4.48 Å². The van der Waals surface area contributed by atoms with E-state index in [0.29, 0.717) is 12.2 Å². The molecule has 3 aliphatic rings. The molecule has 3 atom stereocenters. The standard InChI is InChI=1S/C19H25N3/c1-15-21(19-10-6-7-12-20(19)2)18-11-13-22(15,3)14-16-8-4-5-9-17(16)18/h4-10,12,15,18H,11,13-14H2,1-3H3/q+2. The number of rotatable bonds is 1. The third-order valence-electron chi connectivity index (χ3n) is 5.79. The fourth-order valence-electron chi connectivity index (χ4n) is 4.35. The van der Waals surface area contributed by atoms with Crippen molar-refractivity contribution in [1.29, 1.82) is 0 Å². The molecule has 0 saturated carbocycles. The zero-order chi connectivity index (χ0) is 15.3. The predicted molar refractivity (Wildman–Crippen MR) is 88.1 cm³/mol. The van der Waals surface area contributed by atoms with Crippen molar-refractivity contribution in [1.82, 2.24) is 0 Å². The Morgan fingerprint density at radius 2 is 1.91 bits per heavy atom. The van der Waals surface area contributed by atoms with Gasteiger partial charge in [0.2, 0.25) is 6.17 Å². The molecule has 0 aliphatic carbocycles. The number of nitrogens with zero attached hydrogens (tertiary/aromatic N) is 3. The number of aromatic nitrogens is 1. The Hall–Kier alpha value is -1.87. The molecule has 3 nitrogen and oxygen atoms in total. The predicted octanol–water partition coefficient (Wildman–Crippen LogP) is 2.77. The Morgan fingerprint density at radius 1 is 1.14 bits per heavy atom. The molecule has 0 amide bonds. The van der Waals surface area contributed by atoms with Crippen LogP contribution in [0.4, 0.5) is 5.82 Å². The lowest BCUT2D eigenvalue weighted by atomic mass is 9.97. The highest BCUT2D eigenvalue weighted by Gasteiger charge is 2.52. The van der Waals surface area contributed by atoms with Crippen LogP contribution in [0.25, 0.3) is 0 Å². The van der Waals surface area contributed by atoms with Crippen LogP contribution in [0.2, 0.25) is 0 Å². The number of benzene rings is 1. The van der Waals surface area contributed by atoms with Gasteiger partial charge in [0, 0.05) is 30.5 Å². The number of hydrogen-bond acceptors (Lipinski definition) is 1. The van der Waals surface area contributed by atoms with Gasteiger partial charge in [-0.05, 0) is 6.07 Å². The van der Waals surface area contributed by atoms with Crippen LogP contribution in [0.3, 0.4) is 0 Å². The third kappa shape index (κ3) is 1.88. The van der Waals surface area contributed by atoms with Crippen molar-refractivity contribution in [2.45, 2.75) is 32.1 Å². The second-order valence-corrected chi connectivity index (χ2v) is 7.07. The van der Waals surface area contributed by atoms with Crippen LogP contribution in [0.1, 0.15) is 30.5 Å². The molecule has 4 heterocycles. The topological polar surface area (TPSA) is 7.12 Å². The van der Waals surface area contributed by atoms with Crippen molar-refractivity contribution >= 4 is 5.82 Å². The normalized spacial score (nSPS) is 30.0. The summed E-state index contributed by atoms with van der Waals surface area (Å²) in [5.74, 6) is 1.32. The van der Waals surface area contributed by atoms with Gasteiger partial charge in [-0.2, -0.15) is 0 Å². The molecule has 3 unspecified atom stereocenters. The van der Waals surface area contributed by atoms with Gasteiger partial charge in [0.15, 0.2) is 0 Å². The number of anilines is 1. The van der Waals surface area contributed by atoms with Gasteiger partial charge in [0.25, 0.3) is 5.82 Å². The second kappa shape index (κ2) is 4.82. The van der Waals surface area contributed by atoms with Crippen molar-refractivity contribution in [3.05, 3.63) is 59.8 Å². The molecule has 114 valence electrons. The first-order chi connectivity index (χ1) is 10.6. The fourth-order valence-corrected chi connectivity index (χ4v) is 4.35. The molecule has 1 aromatic carbocycles. The highest BCUT2D eigenvalue weighted by atomic mass is 15.5. The number of pyridine rings is 1. The highest BCUT2D eigenvalue weighted by molar-refractivity contribution is 5.43. The average Bonchev–Trinajstić information content (AvgIpc) is 2.71. The quantitative estimate of drug-likeness (QED) is 0.580. The lowest BCUT2D eigenvalue weighted by Crippen LogP contribution is -2.63. The summed E-state index contributed by atoms with van der Waals surface area (Å²) in [5.41, 5.74) is 3.05. The average molecular weight is 295 g/mol. The summed E-state index contributed by atoms with van der Waals surface area (Å²) in [4.78, 5) is 2.65. The number of hydrogen-bond donors (Lipinski definition) is 0. The number of aryl methyl sites for hydroxylation is 1. The molecule has 2 bridgehead atoms. The van der Waals surface area contributed by atoms with Gasteiger partial charge >= 0.3 is 0 Å². The van der Waals surface area contributed by atoms with Gasteiger partial charge in [-0.15, -0.1) is 0 Å². The Morgan fingerprint density at radius 3 is 2.73 bits per heavy atom. The molecule has 1 fully saturated rings. The van der Waals surface area contributed by atoms with Gasteiger partial charge in [-0.25, -0.2) is 9.47 Å². The van der Waals surface area contributed by atoms with E-state index in [2.05, 4.69) is 79.1 Å². The van der Waals surface area contributed by atoms with Gasteiger partial charge in [0.05, 0.1) is 26.8 Å². The van der Waals surface area contributed by atoms with E-state index in [-0.39, 0.29) is 0 Å². The molecule has 0 radical (unpaired) electrons. The third-order valence-corrected chi connectivity index (χ3v) is 5.79. The Balaban J connectivity index is 1.91. The van der Waals surface area contributed by atoms with E-state index in [0.717, 1.165) is 11.0 Å². The molecular weight excluding hydrogens is 270 g/mol. The first-order valence-corrected chi connectivity index (χ1v) is 8.25. The van der Waals surface area contributed by atoms with Gasteiger partial charge < -0.3 is 0 Å². The first kappa shape index (κ1) is 13.8. The zero-order valence-electron chi connectivity index (χ0n) is 13.7. The minimum Gasteiger partial charge on any atom is -0.284 e. The summed E-state index contributed by atoms with van der Waals surface area (Å²) < 4.78 is 3.36. The fraction of sp³-hybridized carbons (Fsp3) is 0.421. The van der Waals surface area contributed by atoms with Crippen LogP contribution in [0, 0.1) is 0 Å². The van der Waals surface area contributed by atoms with E-state index in [1.54, 1.807) is 0 Å². The summed E-state index contributed by atoms with van der Waals surface area (Å²) in [5, 5.41) is 0. The molecule has 3 aliphatic heterocycles. The van der Waals surface area contributed by atoms with Crippen LogP contribution in [0.5, 0.6) is 0 Å². The molecule has 22 heavy (non-hydrogen) atoms. The summed E-state index contributed by atoms with van der Waals surface area (Å²) in [6, 6.07) is 16.1. The first-order valence-electron chi connectivity index (χ1n) is 8.25. The Kier molecular flexibility index (Phi) is 3.01. The number of quaternary nitrogens is 1. The molecule has 5 rings (SSSR count). The van der Waals surface area contributed by atoms with E-state index in [4.69, 9.17) is 0 Å². The zero-order valence-corrected chi connectivity index (χ0v) is 13.7. The second-order valence-electron chi connectivity index (χ2n) is 7.07. The van der Waals surface area contributed by atoms with Crippen LogP contribution < -0.4 is 9.47 Å². The molecule has 3 heteroatoms. The molecule has 0 spiro atoms. The van der Waals surface area contributed by atoms with E-state index < -0.39 is 0 Å². The van der Waals surface area contributed by atoms with Crippen molar-refractivity contribution in [3.63, 3.8) is 0 Å². The molecular formula is C19H25N3+2. The summed E-state index contributed by atoms with van der Waals surface area (Å²) in [7, 11) is 4.57.